The van der Waals surface area contributed by atoms with Gasteiger partial charge in [-0.3, -0.25) is 4.99 Å². The van der Waals surface area contributed by atoms with Crippen LogP contribution in [0.5, 0.6) is 0 Å². The maximum Gasteiger partial charge on any atom is 0.191 e. The van der Waals surface area contributed by atoms with E-state index in [0.717, 1.165) is 30.2 Å². The Balaban J connectivity index is 1.44. The van der Waals surface area contributed by atoms with Gasteiger partial charge in [-0.1, -0.05) is 29.8 Å². The zero-order valence-electron chi connectivity index (χ0n) is 14.6. The molecule has 26 heavy (non-hydrogen) atoms. The number of hydrogen-bond acceptors (Lipinski definition) is 3. The molecule has 0 radical (unpaired) electrons. The van der Waals surface area contributed by atoms with Crippen LogP contribution in [-0.4, -0.2) is 34.3 Å². The Morgan fingerprint density at radius 1 is 1.12 bits per heavy atom. The standard InChI is InChI=1S/C19H21ClN6/c1-21-19(24-14-16-5-8-18(20)23-13-16)22-11-9-15-3-6-17(7-4-15)26-12-2-10-25-26/h2-8,10,12-13H,9,11,14H2,1H3,(H2,21,22,24). The van der Waals surface area contributed by atoms with E-state index in [2.05, 4.69) is 50.0 Å². The van der Waals surface area contributed by atoms with Crippen LogP contribution in [0.3, 0.4) is 0 Å². The molecule has 1 aromatic carbocycles. The van der Waals surface area contributed by atoms with Crippen LogP contribution in [0, 0.1) is 0 Å². The number of nitrogens with zero attached hydrogens (tertiary/aromatic N) is 4. The molecule has 0 aliphatic rings. The Kier molecular flexibility index (Phi) is 6.22. The minimum Gasteiger partial charge on any atom is -0.356 e. The van der Waals surface area contributed by atoms with Gasteiger partial charge in [0.2, 0.25) is 0 Å². The van der Waals surface area contributed by atoms with Gasteiger partial charge in [0, 0.05) is 38.7 Å². The Bertz CT molecular complexity index is 825. The van der Waals surface area contributed by atoms with Crippen LogP contribution in [0.4, 0.5) is 0 Å². The molecule has 0 aliphatic heterocycles. The van der Waals surface area contributed by atoms with E-state index in [0.29, 0.717) is 11.7 Å². The summed E-state index contributed by atoms with van der Waals surface area (Å²) in [5.41, 5.74) is 3.36. The smallest absolute Gasteiger partial charge is 0.191 e. The number of hydrogen-bond donors (Lipinski definition) is 2. The van der Waals surface area contributed by atoms with E-state index in [9.17, 15) is 0 Å². The number of rotatable bonds is 6. The molecule has 2 heterocycles. The molecule has 3 rings (SSSR count). The Morgan fingerprint density at radius 3 is 2.58 bits per heavy atom. The van der Waals surface area contributed by atoms with Crippen molar-refractivity contribution in [1.29, 1.82) is 0 Å². The Hall–Kier alpha value is -2.86. The molecule has 0 saturated heterocycles. The molecule has 3 aromatic rings. The summed E-state index contributed by atoms with van der Waals surface area (Å²) >= 11 is 5.79. The van der Waals surface area contributed by atoms with Crippen LogP contribution in [-0.2, 0) is 13.0 Å². The van der Waals surface area contributed by atoms with Crippen molar-refractivity contribution in [3.63, 3.8) is 0 Å². The molecule has 2 N–H and O–H groups in total. The van der Waals surface area contributed by atoms with Crippen molar-refractivity contribution in [2.45, 2.75) is 13.0 Å². The van der Waals surface area contributed by atoms with Crippen LogP contribution in [0.25, 0.3) is 5.69 Å². The molecule has 7 heteroatoms. The van der Waals surface area contributed by atoms with E-state index in [4.69, 9.17) is 11.6 Å². The molecule has 0 fully saturated rings. The molecule has 0 aliphatic carbocycles. The quantitative estimate of drug-likeness (QED) is 0.399. The SMILES string of the molecule is CN=C(NCCc1ccc(-n2cccn2)cc1)NCc1ccc(Cl)nc1. The molecule has 2 aromatic heterocycles. The van der Waals surface area contributed by atoms with Gasteiger partial charge in [0.25, 0.3) is 0 Å². The number of guanidine groups is 1. The zero-order chi connectivity index (χ0) is 18.2. The van der Waals surface area contributed by atoms with Crippen molar-refractivity contribution in [3.8, 4) is 5.69 Å². The summed E-state index contributed by atoms with van der Waals surface area (Å²) < 4.78 is 1.85. The summed E-state index contributed by atoms with van der Waals surface area (Å²) in [6.45, 7) is 1.43. The maximum atomic E-state index is 5.79. The number of aromatic nitrogens is 3. The van der Waals surface area contributed by atoms with Gasteiger partial charge in [-0.25, -0.2) is 9.67 Å². The highest BCUT2D eigenvalue weighted by Crippen LogP contribution is 2.09. The van der Waals surface area contributed by atoms with E-state index in [1.165, 1.54) is 5.56 Å². The molecule has 6 nitrogen and oxygen atoms in total. The lowest BCUT2D eigenvalue weighted by Gasteiger charge is -2.12. The summed E-state index contributed by atoms with van der Waals surface area (Å²) in [6, 6.07) is 14.0. The van der Waals surface area contributed by atoms with Crippen molar-refractivity contribution < 1.29 is 0 Å². The molecule has 0 atom stereocenters. The molecular formula is C19H21ClN6. The molecule has 0 spiro atoms. The fourth-order valence-electron chi connectivity index (χ4n) is 2.48. The first-order chi connectivity index (χ1) is 12.7. The average molecular weight is 369 g/mol. The number of benzene rings is 1. The Morgan fingerprint density at radius 2 is 1.92 bits per heavy atom. The second kappa shape index (κ2) is 9.01. The van der Waals surface area contributed by atoms with Gasteiger partial charge in [-0.15, -0.1) is 0 Å². The van der Waals surface area contributed by atoms with Crippen LogP contribution >= 0.6 is 11.6 Å². The maximum absolute atomic E-state index is 5.79. The summed E-state index contributed by atoms with van der Waals surface area (Å²) in [5.74, 6) is 0.758. The van der Waals surface area contributed by atoms with Crippen molar-refractivity contribution >= 4 is 17.6 Å². The van der Waals surface area contributed by atoms with Crippen molar-refractivity contribution in [2.75, 3.05) is 13.6 Å². The van der Waals surface area contributed by atoms with Crippen LogP contribution in [0.1, 0.15) is 11.1 Å². The fraction of sp³-hybridized carbons (Fsp3) is 0.211. The van der Waals surface area contributed by atoms with E-state index in [1.807, 2.05) is 23.0 Å². The summed E-state index contributed by atoms with van der Waals surface area (Å²) in [5, 5.41) is 11.3. The van der Waals surface area contributed by atoms with Gasteiger partial charge >= 0.3 is 0 Å². The lowest BCUT2D eigenvalue weighted by Crippen LogP contribution is -2.37. The second-order valence-corrected chi connectivity index (χ2v) is 6.10. The highest BCUT2D eigenvalue weighted by molar-refractivity contribution is 6.29. The minimum atomic E-state index is 0.495. The van der Waals surface area contributed by atoms with Crippen molar-refractivity contribution in [3.05, 3.63) is 77.3 Å². The highest BCUT2D eigenvalue weighted by atomic mass is 35.5. The Labute approximate surface area is 157 Å². The molecule has 0 amide bonds. The lowest BCUT2D eigenvalue weighted by molar-refractivity contribution is 0.792. The normalized spacial score (nSPS) is 11.4. The van der Waals surface area contributed by atoms with E-state index < -0.39 is 0 Å². The van der Waals surface area contributed by atoms with Crippen LogP contribution < -0.4 is 10.6 Å². The predicted octanol–water partition coefficient (Wildman–Crippen LogP) is 2.83. The summed E-state index contributed by atoms with van der Waals surface area (Å²) in [4.78, 5) is 8.31. The van der Waals surface area contributed by atoms with Crippen LogP contribution in [0.15, 0.2) is 66.0 Å². The van der Waals surface area contributed by atoms with Crippen molar-refractivity contribution in [1.82, 2.24) is 25.4 Å². The predicted molar refractivity (Wildman–Crippen MR) is 105 cm³/mol. The average Bonchev–Trinajstić information content (AvgIpc) is 3.21. The van der Waals surface area contributed by atoms with Gasteiger partial charge in [0.15, 0.2) is 5.96 Å². The lowest BCUT2D eigenvalue weighted by atomic mass is 10.1. The molecule has 0 saturated carbocycles. The number of aliphatic imine (C=N–C) groups is 1. The molecule has 0 bridgehead atoms. The van der Waals surface area contributed by atoms with Gasteiger partial charge in [0.1, 0.15) is 5.15 Å². The fourth-order valence-corrected chi connectivity index (χ4v) is 2.59. The van der Waals surface area contributed by atoms with Crippen molar-refractivity contribution in [2.24, 2.45) is 4.99 Å². The summed E-state index contributed by atoms with van der Waals surface area (Å²) in [7, 11) is 1.76. The van der Waals surface area contributed by atoms with E-state index in [-0.39, 0.29) is 0 Å². The zero-order valence-corrected chi connectivity index (χ0v) is 15.3. The van der Waals surface area contributed by atoms with Gasteiger partial charge in [0.05, 0.1) is 5.69 Å². The second-order valence-electron chi connectivity index (χ2n) is 5.71. The monoisotopic (exact) mass is 368 g/mol. The molecular weight excluding hydrogens is 348 g/mol. The number of pyridine rings is 1. The van der Waals surface area contributed by atoms with E-state index >= 15 is 0 Å². The van der Waals surface area contributed by atoms with Gasteiger partial charge in [-0.2, -0.15) is 5.10 Å². The third-order valence-corrected chi connectivity index (χ3v) is 4.11. The first-order valence-corrected chi connectivity index (χ1v) is 8.76. The minimum absolute atomic E-state index is 0.495. The molecule has 0 unspecified atom stereocenters. The number of nitrogens with one attached hydrogen (secondary N) is 2. The molecule has 134 valence electrons. The largest absolute Gasteiger partial charge is 0.356 e. The topological polar surface area (TPSA) is 67.1 Å². The third kappa shape index (κ3) is 5.07. The van der Waals surface area contributed by atoms with Gasteiger partial charge < -0.3 is 10.6 Å². The van der Waals surface area contributed by atoms with Crippen LogP contribution in [0.2, 0.25) is 5.15 Å². The third-order valence-electron chi connectivity index (χ3n) is 3.88. The van der Waals surface area contributed by atoms with Gasteiger partial charge in [-0.05, 0) is 41.8 Å². The first kappa shape index (κ1) is 17.9. The highest BCUT2D eigenvalue weighted by Gasteiger charge is 2.01. The summed E-state index contributed by atoms with van der Waals surface area (Å²) in [6.07, 6.45) is 6.37. The first-order valence-electron chi connectivity index (χ1n) is 8.38. The number of halogens is 1. The van der Waals surface area contributed by atoms with E-state index in [1.54, 1.807) is 25.5 Å².